The van der Waals surface area contributed by atoms with Gasteiger partial charge in [0.05, 0.1) is 12.5 Å². The Morgan fingerprint density at radius 1 is 1.30 bits per heavy atom. The topological polar surface area (TPSA) is 92.2 Å². The predicted octanol–water partition coefficient (Wildman–Crippen LogP) is 1.44. The number of nitrogens with one attached hydrogen (secondary N) is 2. The molecule has 7 heteroatoms. The quantitative estimate of drug-likeness (QED) is 0.499. The molecule has 1 aliphatic rings. The highest BCUT2D eigenvalue weighted by atomic mass is 16.5. The van der Waals surface area contributed by atoms with Crippen LogP contribution in [-0.4, -0.2) is 30.0 Å². The molecule has 0 saturated carbocycles. The fourth-order valence-corrected chi connectivity index (χ4v) is 2.13. The number of esters is 1. The number of benzene rings is 1. The fourth-order valence-electron chi connectivity index (χ4n) is 2.13. The summed E-state index contributed by atoms with van der Waals surface area (Å²) >= 11 is 0. The van der Waals surface area contributed by atoms with Gasteiger partial charge in [0.1, 0.15) is 5.71 Å². The zero-order valence-electron chi connectivity index (χ0n) is 13.4. The zero-order valence-corrected chi connectivity index (χ0v) is 13.4. The van der Waals surface area contributed by atoms with Crippen LogP contribution in [0.1, 0.15) is 37.3 Å². The van der Waals surface area contributed by atoms with Crippen molar-refractivity contribution in [3.63, 3.8) is 0 Å². The number of hydrazine groups is 1. The van der Waals surface area contributed by atoms with E-state index in [0.717, 1.165) is 11.1 Å². The minimum absolute atomic E-state index is 0.124. The molecule has 1 unspecified atom stereocenters. The summed E-state index contributed by atoms with van der Waals surface area (Å²) in [4.78, 5) is 23.2. The van der Waals surface area contributed by atoms with Gasteiger partial charge in [0.25, 0.3) is 0 Å². The predicted molar refractivity (Wildman–Crippen MR) is 87.0 cm³/mol. The lowest BCUT2D eigenvalue weighted by atomic mass is 9.92. The van der Waals surface area contributed by atoms with Gasteiger partial charge in [0, 0.05) is 6.42 Å². The van der Waals surface area contributed by atoms with Crippen LogP contribution in [0.3, 0.4) is 0 Å². The first-order valence-corrected chi connectivity index (χ1v) is 7.42. The highest BCUT2D eigenvalue weighted by molar-refractivity contribution is 6.35. The molecule has 2 rings (SSSR count). The van der Waals surface area contributed by atoms with E-state index >= 15 is 0 Å². The molecule has 1 amide bonds. The monoisotopic (exact) mass is 316 g/mol. The van der Waals surface area contributed by atoms with Gasteiger partial charge in [-0.1, -0.05) is 29.8 Å². The minimum Gasteiger partial charge on any atom is -0.461 e. The Morgan fingerprint density at radius 2 is 2.00 bits per heavy atom. The molecule has 1 heterocycles. The van der Waals surface area contributed by atoms with Gasteiger partial charge in [-0.2, -0.15) is 0 Å². The minimum atomic E-state index is -0.511. The van der Waals surface area contributed by atoms with E-state index in [9.17, 15) is 9.59 Å². The lowest BCUT2D eigenvalue weighted by molar-refractivity contribution is -0.135. The first-order valence-electron chi connectivity index (χ1n) is 7.42. The van der Waals surface area contributed by atoms with Crippen LogP contribution in [0, 0.1) is 6.92 Å². The maximum absolute atomic E-state index is 11.7. The molecular weight excluding hydrogens is 296 g/mol. The van der Waals surface area contributed by atoms with E-state index in [4.69, 9.17) is 4.74 Å². The van der Waals surface area contributed by atoms with Crippen molar-refractivity contribution in [1.29, 1.82) is 0 Å². The van der Waals surface area contributed by atoms with Gasteiger partial charge in [-0.15, -0.1) is 10.2 Å². The van der Waals surface area contributed by atoms with E-state index < -0.39 is 5.97 Å². The van der Waals surface area contributed by atoms with Crippen LogP contribution in [0.4, 0.5) is 0 Å². The van der Waals surface area contributed by atoms with E-state index in [1.807, 2.05) is 31.2 Å². The molecule has 1 fully saturated rings. The number of carbonyl (C=O) groups excluding carboxylic acids is 2. The summed E-state index contributed by atoms with van der Waals surface area (Å²) in [5, 5.41) is 7.98. The highest BCUT2D eigenvalue weighted by Gasteiger charge is 2.27. The SMILES string of the molecule is CCOC(=O)/C(C)=N\N=C1/NNC(=O)CC1c1ccc(C)cc1. The highest BCUT2D eigenvalue weighted by Crippen LogP contribution is 2.23. The third-order valence-corrected chi connectivity index (χ3v) is 3.41. The van der Waals surface area contributed by atoms with Crippen molar-refractivity contribution >= 4 is 23.4 Å². The molecule has 0 bridgehead atoms. The maximum Gasteiger partial charge on any atom is 0.354 e. The van der Waals surface area contributed by atoms with Gasteiger partial charge >= 0.3 is 5.97 Å². The second kappa shape index (κ2) is 7.53. The lowest BCUT2D eigenvalue weighted by Gasteiger charge is -2.25. The molecule has 2 N–H and O–H groups in total. The Balaban J connectivity index is 2.25. The van der Waals surface area contributed by atoms with Gasteiger partial charge < -0.3 is 4.74 Å². The largest absolute Gasteiger partial charge is 0.461 e. The first-order chi connectivity index (χ1) is 11.0. The molecule has 1 aromatic carbocycles. The van der Waals surface area contributed by atoms with Crippen molar-refractivity contribution < 1.29 is 14.3 Å². The summed E-state index contributed by atoms with van der Waals surface area (Å²) in [6.45, 7) is 5.53. The van der Waals surface area contributed by atoms with Crippen LogP contribution in [0.2, 0.25) is 0 Å². The second-order valence-corrected chi connectivity index (χ2v) is 5.23. The van der Waals surface area contributed by atoms with Crippen molar-refractivity contribution in [2.75, 3.05) is 6.61 Å². The summed E-state index contributed by atoms with van der Waals surface area (Å²) < 4.78 is 4.86. The van der Waals surface area contributed by atoms with Crippen molar-refractivity contribution in [2.45, 2.75) is 33.1 Å². The van der Waals surface area contributed by atoms with E-state index in [1.165, 1.54) is 6.92 Å². The number of hydrogen-bond donors (Lipinski definition) is 2. The molecular formula is C16H20N4O3. The van der Waals surface area contributed by atoms with Gasteiger partial charge in [-0.25, -0.2) is 4.79 Å². The smallest absolute Gasteiger partial charge is 0.354 e. The molecule has 23 heavy (non-hydrogen) atoms. The van der Waals surface area contributed by atoms with Crippen molar-refractivity contribution in [2.24, 2.45) is 10.2 Å². The summed E-state index contributed by atoms with van der Waals surface area (Å²) in [5.74, 6) is -0.385. The normalized spacial score (nSPS) is 20.0. The van der Waals surface area contributed by atoms with E-state index in [0.29, 0.717) is 5.84 Å². The number of amides is 1. The van der Waals surface area contributed by atoms with Gasteiger partial charge in [0.2, 0.25) is 5.91 Å². The number of carbonyl (C=O) groups is 2. The Hall–Kier alpha value is -2.70. The van der Waals surface area contributed by atoms with Crippen LogP contribution < -0.4 is 10.9 Å². The van der Waals surface area contributed by atoms with Crippen molar-refractivity contribution in [1.82, 2.24) is 10.9 Å². The van der Waals surface area contributed by atoms with Crippen molar-refractivity contribution in [3.05, 3.63) is 35.4 Å². The van der Waals surface area contributed by atoms with Crippen LogP contribution in [-0.2, 0) is 14.3 Å². The van der Waals surface area contributed by atoms with Crippen LogP contribution in [0.5, 0.6) is 0 Å². The van der Waals surface area contributed by atoms with Gasteiger partial charge in [0.15, 0.2) is 5.84 Å². The molecule has 1 atom stereocenters. The summed E-state index contributed by atoms with van der Waals surface area (Å²) in [6, 6.07) is 7.87. The van der Waals surface area contributed by atoms with Gasteiger partial charge in [-0.3, -0.25) is 15.6 Å². The van der Waals surface area contributed by atoms with Crippen LogP contribution in [0.25, 0.3) is 0 Å². The summed E-state index contributed by atoms with van der Waals surface area (Å²) in [5.41, 5.74) is 7.51. The molecule has 1 aromatic rings. The summed E-state index contributed by atoms with van der Waals surface area (Å²) in [7, 11) is 0. The number of hydrogen-bond acceptors (Lipinski definition) is 5. The number of aryl methyl sites for hydroxylation is 1. The molecule has 0 radical (unpaired) electrons. The first kappa shape index (κ1) is 16.7. The van der Waals surface area contributed by atoms with E-state index in [2.05, 4.69) is 21.1 Å². The number of ether oxygens (including phenoxy) is 1. The Morgan fingerprint density at radius 3 is 2.65 bits per heavy atom. The Labute approximate surface area is 134 Å². The summed E-state index contributed by atoms with van der Waals surface area (Å²) in [6.07, 6.45) is 0.267. The molecule has 0 aromatic heterocycles. The molecule has 1 aliphatic heterocycles. The molecule has 0 aliphatic carbocycles. The standard InChI is InChI=1S/C16H20N4O3/c1-4-23-16(22)11(3)17-19-15-13(9-14(21)18-20-15)12-7-5-10(2)6-8-12/h5-8,13H,4,9H2,1-3H3,(H,18,21)(H,19,20)/b17-11-. The van der Waals surface area contributed by atoms with Gasteiger partial charge in [-0.05, 0) is 26.3 Å². The maximum atomic E-state index is 11.7. The lowest BCUT2D eigenvalue weighted by Crippen LogP contribution is -2.50. The number of rotatable bonds is 4. The van der Waals surface area contributed by atoms with Crippen LogP contribution in [0.15, 0.2) is 34.5 Å². The number of nitrogens with zero attached hydrogens (tertiary/aromatic N) is 2. The average molecular weight is 316 g/mol. The molecule has 122 valence electrons. The van der Waals surface area contributed by atoms with E-state index in [-0.39, 0.29) is 30.6 Å². The molecule has 1 saturated heterocycles. The molecule has 7 nitrogen and oxygen atoms in total. The fraction of sp³-hybridized carbons (Fsp3) is 0.375. The second-order valence-electron chi connectivity index (χ2n) is 5.23. The van der Waals surface area contributed by atoms with E-state index in [1.54, 1.807) is 6.92 Å². The third kappa shape index (κ3) is 4.38. The Kier molecular flexibility index (Phi) is 5.46. The molecule has 0 spiro atoms. The average Bonchev–Trinajstić information content (AvgIpc) is 2.54. The third-order valence-electron chi connectivity index (χ3n) is 3.41. The number of amidine groups is 1. The zero-order chi connectivity index (χ0) is 16.8. The van der Waals surface area contributed by atoms with Crippen LogP contribution >= 0.6 is 0 Å². The Bertz CT molecular complexity index is 650. The van der Waals surface area contributed by atoms with Crippen molar-refractivity contribution in [3.8, 4) is 0 Å².